The molecule has 0 spiro atoms. The largest absolute Gasteiger partial charge is 0.523 e. The van der Waals surface area contributed by atoms with Crippen LogP contribution in [0.4, 0.5) is 13.2 Å². The maximum absolute atomic E-state index is 12.3. The molecule has 112 valence electrons. The number of halogens is 3. The predicted octanol–water partition coefficient (Wildman–Crippen LogP) is 2.04. The molecule has 9 heteroatoms. The summed E-state index contributed by atoms with van der Waals surface area (Å²) in [6.07, 6.45) is 3.37. The Morgan fingerprint density at radius 1 is 1.21 bits per heavy atom. The molecule has 1 rings (SSSR count). The number of unbranched alkanes of at least 4 members (excludes halogenated alkanes) is 1. The summed E-state index contributed by atoms with van der Waals surface area (Å²) in [7, 11) is -5.61. The van der Waals surface area contributed by atoms with Crippen molar-refractivity contribution in [1.29, 1.82) is 0 Å². The summed E-state index contributed by atoms with van der Waals surface area (Å²) in [6.45, 7) is 4.41. The third-order valence-electron chi connectivity index (χ3n) is 2.65. The van der Waals surface area contributed by atoms with Crippen molar-refractivity contribution in [3.8, 4) is 0 Å². The average Bonchev–Trinajstić information content (AvgIpc) is 2.66. The SMILES string of the molecule is CCCCN1C=CN(CC)C1OS(=O)(=O)C(F)(F)F. The lowest BCUT2D eigenvalue weighted by Crippen LogP contribution is -2.44. The zero-order valence-electron chi connectivity index (χ0n) is 10.7. The van der Waals surface area contributed by atoms with E-state index >= 15 is 0 Å². The Bertz CT molecular complexity index is 422. The molecule has 1 atom stereocenters. The topological polar surface area (TPSA) is 49.9 Å². The van der Waals surface area contributed by atoms with E-state index in [1.54, 1.807) is 6.92 Å². The van der Waals surface area contributed by atoms with Gasteiger partial charge in [0, 0.05) is 25.5 Å². The fourth-order valence-electron chi connectivity index (χ4n) is 1.57. The lowest BCUT2D eigenvalue weighted by Gasteiger charge is -2.31. The first-order chi connectivity index (χ1) is 8.73. The van der Waals surface area contributed by atoms with Crippen molar-refractivity contribution >= 4 is 10.1 Å². The first kappa shape index (κ1) is 16.1. The molecule has 0 aromatic rings. The highest BCUT2D eigenvalue weighted by atomic mass is 32.2. The Morgan fingerprint density at radius 2 is 1.79 bits per heavy atom. The number of nitrogens with zero attached hydrogens (tertiary/aromatic N) is 2. The van der Waals surface area contributed by atoms with Crippen LogP contribution in [0, 0.1) is 0 Å². The van der Waals surface area contributed by atoms with E-state index < -0.39 is 22.0 Å². The lowest BCUT2D eigenvalue weighted by atomic mass is 10.3. The third-order valence-corrected chi connectivity index (χ3v) is 3.64. The summed E-state index contributed by atoms with van der Waals surface area (Å²) in [5.74, 6) is 0. The van der Waals surface area contributed by atoms with Crippen LogP contribution in [0.15, 0.2) is 12.4 Å². The summed E-state index contributed by atoms with van der Waals surface area (Å²) in [5, 5.41) is 0. The van der Waals surface area contributed by atoms with Crippen molar-refractivity contribution in [3.05, 3.63) is 12.4 Å². The summed E-state index contributed by atoms with van der Waals surface area (Å²) in [6, 6.07) is 0. The van der Waals surface area contributed by atoms with Gasteiger partial charge in [-0.2, -0.15) is 21.6 Å². The van der Waals surface area contributed by atoms with Crippen molar-refractivity contribution < 1.29 is 25.8 Å². The van der Waals surface area contributed by atoms with Crippen molar-refractivity contribution in [2.75, 3.05) is 13.1 Å². The van der Waals surface area contributed by atoms with Crippen LogP contribution in [-0.4, -0.2) is 43.2 Å². The molecule has 0 radical (unpaired) electrons. The quantitative estimate of drug-likeness (QED) is 0.555. The van der Waals surface area contributed by atoms with Crippen LogP contribution in [0.25, 0.3) is 0 Å². The molecule has 19 heavy (non-hydrogen) atoms. The molecule has 0 fully saturated rings. The molecule has 0 aliphatic carbocycles. The van der Waals surface area contributed by atoms with Gasteiger partial charge in [0.2, 0.25) is 6.35 Å². The van der Waals surface area contributed by atoms with Crippen LogP contribution in [0.2, 0.25) is 0 Å². The lowest BCUT2D eigenvalue weighted by molar-refractivity contribution is -0.0795. The highest BCUT2D eigenvalue weighted by Crippen LogP contribution is 2.29. The average molecular weight is 302 g/mol. The molecule has 1 aliphatic heterocycles. The van der Waals surface area contributed by atoms with E-state index in [1.165, 1.54) is 22.2 Å². The van der Waals surface area contributed by atoms with Crippen LogP contribution in [0.3, 0.4) is 0 Å². The van der Waals surface area contributed by atoms with Gasteiger partial charge in [-0.3, -0.25) is 0 Å². The van der Waals surface area contributed by atoms with Gasteiger partial charge in [0.1, 0.15) is 0 Å². The second-order valence-electron chi connectivity index (χ2n) is 4.04. The monoisotopic (exact) mass is 302 g/mol. The predicted molar refractivity (Wildman–Crippen MR) is 63.0 cm³/mol. The van der Waals surface area contributed by atoms with E-state index in [0.29, 0.717) is 13.1 Å². The Labute approximate surface area is 110 Å². The summed E-state index contributed by atoms with van der Waals surface area (Å²) >= 11 is 0. The molecule has 0 saturated heterocycles. The fourth-order valence-corrected chi connectivity index (χ4v) is 2.13. The second-order valence-corrected chi connectivity index (χ2v) is 5.61. The standard InChI is InChI=1S/C10H17F3N2O3S/c1-3-5-6-15-8-7-14(4-2)9(15)18-19(16,17)10(11,12)13/h7-9H,3-6H2,1-2H3. The molecule has 0 amide bonds. The summed E-state index contributed by atoms with van der Waals surface area (Å²) in [4.78, 5) is 2.83. The van der Waals surface area contributed by atoms with Crippen LogP contribution < -0.4 is 0 Å². The maximum atomic E-state index is 12.3. The van der Waals surface area contributed by atoms with Crippen molar-refractivity contribution in [2.24, 2.45) is 0 Å². The van der Waals surface area contributed by atoms with Gasteiger partial charge in [-0.15, -0.1) is 0 Å². The summed E-state index contributed by atoms with van der Waals surface area (Å²) in [5.41, 5.74) is -5.41. The molecule has 5 nitrogen and oxygen atoms in total. The number of rotatable bonds is 6. The van der Waals surface area contributed by atoms with Crippen molar-refractivity contribution in [1.82, 2.24) is 9.80 Å². The highest BCUT2D eigenvalue weighted by molar-refractivity contribution is 7.87. The van der Waals surface area contributed by atoms with Crippen LogP contribution in [0.5, 0.6) is 0 Å². The van der Waals surface area contributed by atoms with Gasteiger partial charge in [0.05, 0.1) is 0 Å². The molecule has 1 heterocycles. The smallest absolute Gasteiger partial charge is 0.333 e. The van der Waals surface area contributed by atoms with E-state index in [2.05, 4.69) is 4.18 Å². The first-order valence-electron chi connectivity index (χ1n) is 5.92. The van der Waals surface area contributed by atoms with Crippen LogP contribution >= 0.6 is 0 Å². The van der Waals surface area contributed by atoms with Crippen molar-refractivity contribution in [3.63, 3.8) is 0 Å². The number of alkyl halides is 3. The molecule has 0 bridgehead atoms. The van der Waals surface area contributed by atoms with Gasteiger partial charge >= 0.3 is 15.6 Å². The highest BCUT2D eigenvalue weighted by Gasteiger charge is 2.50. The minimum atomic E-state index is -5.61. The Balaban J connectivity index is 2.82. The van der Waals surface area contributed by atoms with Gasteiger partial charge in [0.25, 0.3) is 0 Å². The van der Waals surface area contributed by atoms with E-state index in [1.807, 2.05) is 6.92 Å². The van der Waals surface area contributed by atoms with Crippen LogP contribution in [0.1, 0.15) is 26.7 Å². The van der Waals surface area contributed by atoms with Gasteiger partial charge in [-0.25, -0.2) is 4.18 Å². The molecular weight excluding hydrogens is 285 g/mol. The Kier molecular flexibility index (Phi) is 5.08. The van der Waals surface area contributed by atoms with E-state index in [4.69, 9.17) is 0 Å². The van der Waals surface area contributed by atoms with Crippen LogP contribution in [-0.2, 0) is 14.3 Å². The van der Waals surface area contributed by atoms with E-state index in [9.17, 15) is 21.6 Å². The Hall–Kier alpha value is -0.960. The van der Waals surface area contributed by atoms with Gasteiger partial charge < -0.3 is 9.80 Å². The first-order valence-corrected chi connectivity index (χ1v) is 7.33. The Morgan fingerprint density at radius 3 is 2.26 bits per heavy atom. The molecule has 0 saturated carbocycles. The molecular formula is C10H17F3N2O3S. The van der Waals surface area contributed by atoms with E-state index in [-0.39, 0.29) is 0 Å². The summed E-state index contributed by atoms with van der Waals surface area (Å²) < 4.78 is 63.4. The molecule has 0 N–H and O–H groups in total. The normalized spacial score (nSPS) is 20.4. The zero-order valence-corrected chi connectivity index (χ0v) is 11.5. The molecule has 1 aliphatic rings. The van der Waals surface area contributed by atoms with Gasteiger partial charge in [0.15, 0.2) is 0 Å². The number of hydrogen-bond acceptors (Lipinski definition) is 5. The van der Waals surface area contributed by atoms with Gasteiger partial charge in [-0.05, 0) is 13.3 Å². The molecule has 0 aromatic heterocycles. The minimum absolute atomic E-state index is 0.344. The fraction of sp³-hybridized carbons (Fsp3) is 0.800. The van der Waals surface area contributed by atoms with E-state index in [0.717, 1.165) is 12.8 Å². The second kappa shape index (κ2) is 6.00. The van der Waals surface area contributed by atoms with Crippen molar-refractivity contribution in [2.45, 2.75) is 38.5 Å². The van der Waals surface area contributed by atoms with Gasteiger partial charge in [-0.1, -0.05) is 13.3 Å². The zero-order chi connectivity index (χ0) is 14.7. The minimum Gasteiger partial charge on any atom is -0.333 e. The maximum Gasteiger partial charge on any atom is 0.523 e. The number of hydrogen-bond donors (Lipinski definition) is 0. The molecule has 0 aromatic carbocycles. The molecule has 1 unspecified atom stereocenters. The third kappa shape index (κ3) is 3.75.